The number of nitrogens with two attached hydrogens (primary N) is 1. The number of aryl methyl sites for hydroxylation is 1. The molecule has 1 fully saturated rings. The van der Waals surface area contributed by atoms with Crippen LogP contribution in [-0.2, 0) is 4.74 Å². The molecule has 34 heavy (non-hydrogen) atoms. The highest BCUT2D eigenvalue weighted by Crippen LogP contribution is 2.26. The Labute approximate surface area is 195 Å². The Bertz CT molecular complexity index is 1360. The van der Waals surface area contributed by atoms with Crippen molar-refractivity contribution in [1.29, 1.82) is 0 Å². The number of imidazole rings is 1. The first-order valence-corrected chi connectivity index (χ1v) is 10.9. The van der Waals surface area contributed by atoms with Gasteiger partial charge in [-0.25, -0.2) is 9.97 Å². The number of hydrogen-bond donors (Lipinski definition) is 3. The summed E-state index contributed by atoms with van der Waals surface area (Å²) in [6.07, 6.45) is 3.16. The number of hydrogen-bond acceptors (Lipinski definition) is 6. The second-order valence-corrected chi connectivity index (χ2v) is 7.89. The lowest BCUT2D eigenvalue weighted by Gasteiger charge is -2.26. The molecule has 5 rings (SSSR count). The van der Waals surface area contributed by atoms with Crippen LogP contribution in [0.15, 0.2) is 59.9 Å². The summed E-state index contributed by atoms with van der Waals surface area (Å²) in [6.45, 7) is 4.24. The maximum absolute atomic E-state index is 12.7. The fraction of sp³-hybridized carbons (Fsp3) is 0.208. The highest BCUT2D eigenvalue weighted by atomic mass is 16.5. The Balaban J connectivity index is 1.36. The van der Waals surface area contributed by atoms with Gasteiger partial charge in [-0.2, -0.15) is 4.99 Å². The predicted molar refractivity (Wildman–Crippen MR) is 130 cm³/mol. The van der Waals surface area contributed by atoms with Crippen molar-refractivity contribution in [3.8, 4) is 11.3 Å². The minimum absolute atomic E-state index is 0.00915. The molecule has 0 spiro atoms. The number of fused-ring (bicyclic) bond motifs is 1. The van der Waals surface area contributed by atoms with Gasteiger partial charge in [0.05, 0.1) is 24.2 Å². The van der Waals surface area contributed by atoms with Gasteiger partial charge in [0.1, 0.15) is 11.5 Å². The van der Waals surface area contributed by atoms with Crippen LogP contribution in [0.1, 0.15) is 16.2 Å². The van der Waals surface area contributed by atoms with Crippen LogP contribution in [0.4, 0.5) is 11.5 Å². The zero-order chi connectivity index (χ0) is 23.5. The molecule has 0 bridgehead atoms. The third-order valence-electron chi connectivity index (χ3n) is 5.48. The van der Waals surface area contributed by atoms with Gasteiger partial charge < -0.3 is 25.7 Å². The Morgan fingerprint density at radius 3 is 2.68 bits per heavy atom. The Morgan fingerprint density at radius 2 is 1.88 bits per heavy atom. The van der Waals surface area contributed by atoms with Gasteiger partial charge in [-0.15, -0.1) is 0 Å². The fourth-order valence-electron chi connectivity index (χ4n) is 3.84. The van der Waals surface area contributed by atoms with Gasteiger partial charge in [-0.3, -0.25) is 9.78 Å². The molecule has 1 amide bonds. The number of aromatic amines is 1. The molecule has 0 saturated carbocycles. The average molecular weight is 457 g/mol. The lowest BCUT2D eigenvalue weighted by molar-refractivity contribution is 0.0303. The molecule has 10 heteroatoms. The van der Waals surface area contributed by atoms with Crippen LogP contribution in [0, 0.1) is 6.92 Å². The van der Waals surface area contributed by atoms with E-state index < -0.39 is 0 Å². The SMILES string of the molecule is Cc1nc2ccc(NC(N)=Nc3nccnc3-c3ccc(C(=O)N4CCOCC4)cc3)cc2[nH]1. The molecule has 3 heterocycles. The molecule has 0 atom stereocenters. The third-order valence-corrected chi connectivity index (χ3v) is 5.48. The van der Waals surface area contributed by atoms with E-state index in [1.807, 2.05) is 37.3 Å². The highest BCUT2D eigenvalue weighted by Gasteiger charge is 2.19. The zero-order valence-electron chi connectivity index (χ0n) is 18.7. The van der Waals surface area contributed by atoms with Crippen LogP contribution in [0.25, 0.3) is 22.3 Å². The number of carbonyl (C=O) groups excluding carboxylic acids is 1. The van der Waals surface area contributed by atoms with Crippen molar-refractivity contribution in [3.05, 3.63) is 66.2 Å². The van der Waals surface area contributed by atoms with Crippen molar-refractivity contribution in [2.45, 2.75) is 6.92 Å². The summed E-state index contributed by atoms with van der Waals surface area (Å²) >= 11 is 0. The number of carbonyl (C=O) groups is 1. The second kappa shape index (κ2) is 9.28. The van der Waals surface area contributed by atoms with Crippen LogP contribution in [0.3, 0.4) is 0 Å². The van der Waals surface area contributed by atoms with Crippen molar-refractivity contribution in [2.24, 2.45) is 10.7 Å². The molecule has 1 saturated heterocycles. The number of anilines is 1. The normalized spacial score (nSPS) is 14.4. The van der Waals surface area contributed by atoms with E-state index in [-0.39, 0.29) is 11.9 Å². The number of benzene rings is 2. The van der Waals surface area contributed by atoms with Crippen molar-refractivity contribution >= 4 is 34.4 Å². The van der Waals surface area contributed by atoms with Gasteiger partial charge in [0.2, 0.25) is 0 Å². The quantitative estimate of drug-likeness (QED) is 0.317. The molecule has 4 N–H and O–H groups in total. The topological polar surface area (TPSA) is 134 Å². The number of amides is 1. The number of guanidine groups is 1. The average Bonchev–Trinajstić information content (AvgIpc) is 3.24. The number of aliphatic imine (C=N–C) groups is 1. The molecular formula is C24H24N8O2. The van der Waals surface area contributed by atoms with E-state index in [2.05, 4.69) is 30.2 Å². The van der Waals surface area contributed by atoms with Gasteiger partial charge in [-0.05, 0) is 37.3 Å². The molecule has 0 unspecified atom stereocenters. The van der Waals surface area contributed by atoms with E-state index in [9.17, 15) is 4.79 Å². The number of nitrogens with one attached hydrogen (secondary N) is 2. The first-order chi connectivity index (χ1) is 16.6. The van der Waals surface area contributed by atoms with E-state index >= 15 is 0 Å². The van der Waals surface area contributed by atoms with Crippen LogP contribution in [-0.4, -0.2) is 63.0 Å². The van der Waals surface area contributed by atoms with Gasteiger partial charge in [0.25, 0.3) is 5.91 Å². The maximum atomic E-state index is 12.7. The molecular weight excluding hydrogens is 432 g/mol. The Kier molecular flexibility index (Phi) is 5.88. The molecule has 2 aromatic carbocycles. The predicted octanol–water partition coefficient (Wildman–Crippen LogP) is 2.86. The smallest absolute Gasteiger partial charge is 0.254 e. The van der Waals surface area contributed by atoms with Crippen LogP contribution in [0.5, 0.6) is 0 Å². The van der Waals surface area contributed by atoms with Gasteiger partial charge >= 0.3 is 0 Å². The second-order valence-electron chi connectivity index (χ2n) is 7.89. The molecule has 2 aromatic heterocycles. The molecule has 172 valence electrons. The third kappa shape index (κ3) is 4.57. The largest absolute Gasteiger partial charge is 0.378 e. The standard InChI is InChI=1S/C24H24N8O2/c1-15-28-19-7-6-18(14-20(19)29-15)30-24(25)31-22-21(26-8-9-27-22)16-2-4-17(5-3-16)23(33)32-10-12-34-13-11-32/h2-9,14H,10-13H2,1H3,(H,28,29)(H3,25,27,30,31). The minimum Gasteiger partial charge on any atom is -0.378 e. The van der Waals surface area contributed by atoms with E-state index in [1.54, 1.807) is 29.4 Å². The number of nitrogens with zero attached hydrogens (tertiary/aromatic N) is 5. The molecule has 4 aromatic rings. The molecule has 0 radical (unpaired) electrons. The van der Waals surface area contributed by atoms with Crippen molar-refractivity contribution in [1.82, 2.24) is 24.8 Å². The van der Waals surface area contributed by atoms with E-state index in [1.165, 1.54) is 0 Å². The molecule has 0 aliphatic carbocycles. The summed E-state index contributed by atoms with van der Waals surface area (Å²) in [5.41, 5.74) is 10.7. The number of morpholine rings is 1. The summed E-state index contributed by atoms with van der Waals surface area (Å²) in [5, 5.41) is 3.08. The van der Waals surface area contributed by atoms with E-state index in [4.69, 9.17) is 10.5 Å². The maximum Gasteiger partial charge on any atom is 0.254 e. The van der Waals surface area contributed by atoms with Crippen molar-refractivity contribution in [2.75, 3.05) is 31.6 Å². The molecule has 10 nitrogen and oxygen atoms in total. The monoisotopic (exact) mass is 456 g/mol. The fourth-order valence-corrected chi connectivity index (χ4v) is 3.84. The number of rotatable bonds is 4. The summed E-state index contributed by atoms with van der Waals surface area (Å²) in [6, 6.07) is 13.0. The highest BCUT2D eigenvalue weighted by molar-refractivity contribution is 5.97. The van der Waals surface area contributed by atoms with E-state index in [0.717, 1.165) is 28.1 Å². The summed E-state index contributed by atoms with van der Waals surface area (Å²) < 4.78 is 5.32. The van der Waals surface area contributed by atoms with Crippen LogP contribution in [0.2, 0.25) is 0 Å². The van der Waals surface area contributed by atoms with Crippen LogP contribution >= 0.6 is 0 Å². The van der Waals surface area contributed by atoms with Crippen LogP contribution < -0.4 is 11.1 Å². The number of ether oxygens (including phenoxy) is 1. The van der Waals surface area contributed by atoms with Crippen molar-refractivity contribution in [3.63, 3.8) is 0 Å². The van der Waals surface area contributed by atoms with E-state index in [0.29, 0.717) is 43.4 Å². The van der Waals surface area contributed by atoms with Gasteiger partial charge in [-0.1, -0.05) is 12.1 Å². The molecule has 1 aliphatic rings. The summed E-state index contributed by atoms with van der Waals surface area (Å²) in [7, 11) is 0. The summed E-state index contributed by atoms with van der Waals surface area (Å²) in [4.78, 5) is 35.3. The van der Waals surface area contributed by atoms with Gasteiger partial charge in [0.15, 0.2) is 11.8 Å². The Hall–Kier alpha value is -4.31. The summed E-state index contributed by atoms with van der Waals surface area (Å²) in [5.74, 6) is 1.38. The van der Waals surface area contributed by atoms with Crippen molar-refractivity contribution < 1.29 is 9.53 Å². The first-order valence-electron chi connectivity index (χ1n) is 10.9. The lowest BCUT2D eigenvalue weighted by Crippen LogP contribution is -2.40. The molecule has 1 aliphatic heterocycles. The first kappa shape index (κ1) is 21.5. The number of aromatic nitrogens is 4. The minimum atomic E-state index is -0.00915. The van der Waals surface area contributed by atoms with Gasteiger partial charge in [0, 0.05) is 42.3 Å². The number of H-pyrrole nitrogens is 1. The zero-order valence-corrected chi connectivity index (χ0v) is 18.7. The Morgan fingerprint density at radius 1 is 1.12 bits per heavy atom. The lowest BCUT2D eigenvalue weighted by atomic mass is 10.1.